The molecule has 106 valence electrons. The predicted molar refractivity (Wildman–Crippen MR) is 74.3 cm³/mol. The van der Waals surface area contributed by atoms with Crippen molar-refractivity contribution < 1.29 is 13.2 Å². The zero-order valence-corrected chi connectivity index (χ0v) is 11.6. The van der Waals surface area contributed by atoms with Crippen LogP contribution in [0.3, 0.4) is 0 Å². The van der Waals surface area contributed by atoms with E-state index in [-0.39, 0.29) is 17.0 Å². The van der Waals surface area contributed by atoms with Gasteiger partial charge in [-0.3, -0.25) is 0 Å². The van der Waals surface area contributed by atoms with Gasteiger partial charge in [-0.05, 0) is 38.0 Å². The molecule has 0 radical (unpaired) electrons. The molecule has 1 aromatic carbocycles. The first kappa shape index (κ1) is 14.1. The molecule has 19 heavy (non-hydrogen) atoms. The minimum absolute atomic E-state index is 0.00613. The van der Waals surface area contributed by atoms with Gasteiger partial charge in [0.2, 0.25) is 10.0 Å². The van der Waals surface area contributed by atoms with Crippen LogP contribution in [0.2, 0.25) is 0 Å². The Morgan fingerprint density at radius 2 is 2.21 bits per heavy atom. The summed E-state index contributed by atoms with van der Waals surface area (Å²) in [6, 6.07) is 4.63. The Kier molecular flexibility index (Phi) is 3.98. The number of hydrogen-bond donors (Lipinski definition) is 3. The van der Waals surface area contributed by atoms with Gasteiger partial charge in [-0.15, -0.1) is 0 Å². The Balaban J connectivity index is 2.24. The Labute approximate surface area is 113 Å². The van der Waals surface area contributed by atoms with Gasteiger partial charge < -0.3 is 15.8 Å². The molecule has 2 atom stereocenters. The van der Waals surface area contributed by atoms with E-state index in [1.807, 2.05) is 6.92 Å². The summed E-state index contributed by atoms with van der Waals surface area (Å²) in [4.78, 5) is 0.0114. The summed E-state index contributed by atoms with van der Waals surface area (Å²) in [7, 11) is -3.81. The van der Waals surface area contributed by atoms with E-state index in [0.29, 0.717) is 11.4 Å². The molecule has 0 aliphatic carbocycles. The summed E-state index contributed by atoms with van der Waals surface area (Å²) in [5, 5.41) is 8.35. The highest BCUT2D eigenvalue weighted by Gasteiger charge is 2.24. The van der Waals surface area contributed by atoms with E-state index >= 15 is 0 Å². The van der Waals surface area contributed by atoms with E-state index in [9.17, 15) is 8.42 Å². The van der Waals surface area contributed by atoms with Crippen molar-refractivity contribution in [1.82, 2.24) is 0 Å². The van der Waals surface area contributed by atoms with Crippen molar-refractivity contribution >= 4 is 21.4 Å². The molecule has 0 amide bonds. The molecule has 1 aromatic rings. The largest absolute Gasteiger partial charge is 0.399 e. The zero-order valence-electron chi connectivity index (χ0n) is 10.8. The monoisotopic (exact) mass is 285 g/mol. The third-order valence-electron chi connectivity index (χ3n) is 3.22. The highest BCUT2D eigenvalue weighted by Crippen LogP contribution is 2.25. The lowest BCUT2D eigenvalue weighted by molar-refractivity contribution is 0.0996. The molecule has 0 aromatic heterocycles. The lowest BCUT2D eigenvalue weighted by atomic mass is 10.1. The van der Waals surface area contributed by atoms with Crippen LogP contribution in [-0.4, -0.2) is 27.2 Å². The van der Waals surface area contributed by atoms with Gasteiger partial charge in [0.15, 0.2) is 0 Å². The molecule has 7 heteroatoms. The van der Waals surface area contributed by atoms with Gasteiger partial charge >= 0.3 is 0 Å². The Morgan fingerprint density at radius 1 is 1.47 bits per heavy atom. The van der Waals surface area contributed by atoms with Gasteiger partial charge in [-0.2, -0.15) is 0 Å². The van der Waals surface area contributed by atoms with E-state index in [4.69, 9.17) is 15.6 Å². The van der Waals surface area contributed by atoms with Crippen molar-refractivity contribution in [3.63, 3.8) is 0 Å². The summed E-state index contributed by atoms with van der Waals surface area (Å²) >= 11 is 0. The second-order valence-electron chi connectivity index (χ2n) is 4.79. The standard InChI is InChI=1S/C12H19N3O3S/c1-8(11-3-2-6-18-11)15-10-5-4-9(13)7-12(10)19(14,16)17/h4-5,7-8,11,15H,2-3,6,13H2,1H3,(H2,14,16,17). The van der Waals surface area contributed by atoms with Crippen LogP contribution in [0.4, 0.5) is 11.4 Å². The number of nitrogen functional groups attached to an aromatic ring is 1. The lowest BCUT2D eigenvalue weighted by Gasteiger charge is -2.22. The van der Waals surface area contributed by atoms with Gasteiger partial charge in [-0.1, -0.05) is 0 Å². The highest BCUT2D eigenvalue weighted by molar-refractivity contribution is 7.89. The number of nitrogens with one attached hydrogen (secondary N) is 1. The van der Waals surface area contributed by atoms with E-state index < -0.39 is 10.0 Å². The number of hydrogen-bond acceptors (Lipinski definition) is 5. The summed E-state index contributed by atoms with van der Waals surface area (Å²) < 4.78 is 28.7. The van der Waals surface area contributed by atoms with Crippen LogP contribution in [0, 0.1) is 0 Å². The maximum absolute atomic E-state index is 11.6. The number of primary sulfonamides is 1. The quantitative estimate of drug-likeness (QED) is 0.712. The number of ether oxygens (including phenoxy) is 1. The molecule has 2 unspecified atom stereocenters. The average molecular weight is 285 g/mol. The summed E-state index contributed by atoms with van der Waals surface area (Å²) in [6.45, 7) is 2.71. The number of rotatable bonds is 4. The molecule has 1 aliphatic rings. The zero-order chi connectivity index (χ0) is 14.0. The molecule has 1 aliphatic heterocycles. The molecular formula is C12H19N3O3S. The molecule has 1 fully saturated rings. The Bertz CT molecular complexity index is 553. The van der Waals surface area contributed by atoms with Crippen LogP contribution in [0.5, 0.6) is 0 Å². The number of sulfonamides is 1. The average Bonchev–Trinajstić information content (AvgIpc) is 2.83. The van der Waals surface area contributed by atoms with Crippen molar-refractivity contribution in [2.75, 3.05) is 17.7 Å². The molecule has 0 bridgehead atoms. The first-order chi connectivity index (χ1) is 8.88. The summed E-state index contributed by atoms with van der Waals surface area (Å²) in [5.74, 6) is 0. The second kappa shape index (κ2) is 5.36. The van der Waals surface area contributed by atoms with Crippen molar-refractivity contribution in [2.45, 2.75) is 36.8 Å². The maximum Gasteiger partial charge on any atom is 0.240 e. The topological polar surface area (TPSA) is 107 Å². The fourth-order valence-electron chi connectivity index (χ4n) is 2.23. The fraction of sp³-hybridized carbons (Fsp3) is 0.500. The second-order valence-corrected chi connectivity index (χ2v) is 6.31. The third kappa shape index (κ3) is 3.37. The van der Waals surface area contributed by atoms with Crippen LogP contribution in [0.1, 0.15) is 19.8 Å². The maximum atomic E-state index is 11.6. The van der Waals surface area contributed by atoms with E-state index in [1.54, 1.807) is 12.1 Å². The molecular weight excluding hydrogens is 266 g/mol. The molecule has 5 N–H and O–H groups in total. The molecule has 6 nitrogen and oxygen atoms in total. The van der Waals surface area contributed by atoms with Crippen LogP contribution in [0.15, 0.2) is 23.1 Å². The first-order valence-electron chi connectivity index (χ1n) is 6.18. The first-order valence-corrected chi connectivity index (χ1v) is 7.73. The number of nitrogens with two attached hydrogens (primary N) is 2. The normalized spacial score (nSPS) is 21.3. The van der Waals surface area contributed by atoms with Gasteiger partial charge in [0.25, 0.3) is 0 Å². The number of benzene rings is 1. The van der Waals surface area contributed by atoms with Crippen molar-refractivity contribution in [1.29, 1.82) is 0 Å². The Morgan fingerprint density at radius 3 is 2.79 bits per heavy atom. The highest BCUT2D eigenvalue weighted by atomic mass is 32.2. The molecule has 0 saturated carbocycles. The smallest absolute Gasteiger partial charge is 0.240 e. The van der Waals surface area contributed by atoms with Crippen molar-refractivity contribution in [3.05, 3.63) is 18.2 Å². The van der Waals surface area contributed by atoms with Crippen LogP contribution >= 0.6 is 0 Å². The van der Waals surface area contributed by atoms with Crippen molar-refractivity contribution in [2.24, 2.45) is 5.14 Å². The fourth-order valence-corrected chi connectivity index (χ4v) is 2.96. The Hall–Kier alpha value is -1.31. The molecule has 0 spiro atoms. The SMILES string of the molecule is CC(Nc1ccc(N)cc1S(N)(=O)=O)C1CCCO1. The van der Waals surface area contributed by atoms with Crippen LogP contribution in [-0.2, 0) is 14.8 Å². The van der Waals surface area contributed by atoms with E-state index in [0.717, 1.165) is 19.4 Å². The number of anilines is 2. The minimum atomic E-state index is -3.81. The minimum Gasteiger partial charge on any atom is -0.399 e. The van der Waals surface area contributed by atoms with Gasteiger partial charge in [0.1, 0.15) is 4.90 Å². The van der Waals surface area contributed by atoms with Gasteiger partial charge in [0, 0.05) is 18.3 Å². The van der Waals surface area contributed by atoms with E-state index in [2.05, 4.69) is 5.32 Å². The molecule has 2 rings (SSSR count). The third-order valence-corrected chi connectivity index (χ3v) is 4.17. The summed E-state index contributed by atoms with van der Waals surface area (Å²) in [5.41, 5.74) is 6.42. The van der Waals surface area contributed by atoms with Crippen LogP contribution in [0.25, 0.3) is 0 Å². The van der Waals surface area contributed by atoms with Gasteiger partial charge in [0.05, 0.1) is 11.8 Å². The summed E-state index contributed by atoms with van der Waals surface area (Å²) in [6.07, 6.45) is 2.08. The molecule has 1 heterocycles. The molecule has 1 saturated heterocycles. The lowest BCUT2D eigenvalue weighted by Crippen LogP contribution is -2.31. The van der Waals surface area contributed by atoms with Gasteiger partial charge in [-0.25, -0.2) is 13.6 Å². The van der Waals surface area contributed by atoms with E-state index in [1.165, 1.54) is 6.07 Å². The van der Waals surface area contributed by atoms with Crippen LogP contribution < -0.4 is 16.2 Å². The van der Waals surface area contributed by atoms with Crippen molar-refractivity contribution in [3.8, 4) is 0 Å². The predicted octanol–water partition coefficient (Wildman–Crippen LogP) is 0.896.